The van der Waals surface area contributed by atoms with Crippen LogP contribution in [0.1, 0.15) is 29.1 Å². The van der Waals surface area contributed by atoms with E-state index in [-0.39, 0.29) is 31.5 Å². The Morgan fingerprint density at radius 1 is 0.812 bits per heavy atom. The van der Waals surface area contributed by atoms with Crippen molar-refractivity contribution in [1.29, 1.82) is 0 Å². The van der Waals surface area contributed by atoms with Crippen molar-refractivity contribution < 1.29 is 28.6 Å². The first-order valence-electron chi connectivity index (χ1n) is 17.4. The molecule has 0 saturated heterocycles. The summed E-state index contributed by atoms with van der Waals surface area (Å²) in [7, 11) is -1.34. The number of hydrogen-bond donors (Lipinski definition) is 0. The zero-order valence-electron chi connectivity index (χ0n) is 30.7. The maximum absolute atomic E-state index is 14.3. The van der Waals surface area contributed by atoms with E-state index >= 15 is 0 Å². The van der Waals surface area contributed by atoms with Crippen LogP contribution in [0.5, 0.6) is 0 Å². The minimum atomic E-state index is -2.30. The third-order valence-electron chi connectivity index (χ3n) is 8.07. The molecule has 48 heavy (non-hydrogen) atoms. The minimum absolute atomic E-state index is 0. The fourth-order valence-corrected chi connectivity index (χ4v) is 8.64. The smallest absolute Gasteiger partial charge is 0.140 e. The molecule has 0 fully saturated rings. The second-order valence-corrected chi connectivity index (χ2v) is 19.2. The summed E-state index contributed by atoms with van der Waals surface area (Å²) in [6.45, 7) is 9.43. The topological polar surface area (TPSA) is 25.8 Å². The van der Waals surface area contributed by atoms with E-state index in [1.807, 2.05) is 60.7 Å². The molecule has 0 spiro atoms. The monoisotopic (exact) mass is 846 g/mol. The molecule has 0 aliphatic heterocycles. The van der Waals surface area contributed by atoms with Gasteiger partial charge in [-0.25, -0.2) is 4.39 Å². The van der Waals surface area contributed by atoms with Crippen LogP contribution >= 0.6 is 11.3 Å². The molecule has 0 N–H and O–H groups in total. The Morgan fingerprint density at radius 3 is 2.27 bits per heavy atom. The van der Waals surface area contributed by atoms with Crippen LogP contribution in [-0.2, 0) is 26.5 Å². The van der Waals surface area contributed by atoms with Gasteiger partial charge in [0.2, 0.25) is 0 Å². The Kier molecular flexibility index (Phi) is 9.95. The molecule has 7 aromatic rings. The van der Waals surface area contributed by atoms with Gasteiger partial charge < -0.3 is 9.97 Å². The predicted octanol–water partition coefficient (Wildman–Crippen LogP) is 11.3. The fourth-order valence-electron chi connectivity index (χ4n) is 5.84. The Hall–Kier alpha value is -3.80. The number of fused-ring (bicyclic) bond motifs is 3. The molecule has 0 amide bonds. The van der Waals surface area contributed by atoms with Crippen LogP contribution in [-0.4, -0.2) is 18.0 Å². The molecule has 6 heteroatoms. The summed E-state index contributed by atoms with van der Waals surface area (Å²) in [5.74, 6) is 0.398. The second-order valence-electron chi connectivity index (χ2n) is 13.1. The molecule has 1 radical (unpaired) electrons. The van der Waals surface area contributed by atoms with Crippen molar-refractivity contribution >= 4 is 44.8 Å². The summed E-state index contributed by atoms with van der Waals surface area (Å²) in [5, 5.41) is 3.24. The number of benzene rings is 4. The number of halogens is 1. The van der Waals surface area contributed by atoms with Crippen molar-refractivity contribution in [1.82, 2.24) is 9.97 Å². The van der Waals surface area contributed by atoms with Gasteiger partial charge in [-0.1, -0.05) is 99.0 Å². The molecular formula is C42H39FIrN2SSi-2. The summed E-state index contributed by atoms with van der Waals surface area (Å²) < 4.78 is 39.9. The third kappa shape index (κ3) is 7.74. The number of aromatic nitrogens is 2. The number of aryl methyl sites for hydroxylation is 1. The van der Waals surface area contributed by atoms with Crippen molar-refractivity contribution in [3.8, 4) is 33.6 Å². The predicted molar refractivity (Wildman–Crippen MR) is 202 cm³/mol. The summed E-state index contributed by atoms with van der Waals surface area (Å²) >= 11 is 1.34. The molecule has 7 rings (SSSR count). The standard InChI is InChI=1S/C24H15FNS.C18H24NSi.Ir/c1-15-13-22(26-14-20(15)16-7-3-2-4-8-16)19-11-5-9-17-18-10-6-12-21(25)24(18)27-23(17)19;1-14(2)11-16-12-17(15-9-7-6-8-10-15)19-13-18(16)20(3,4)5;/h2-10,12-14H,1H3;6-9,12-14H,11H2,1-5H3;/q2*-1;/i1D3;;. The van der Waals surface area contributed by atoms with Gasteiger partial charge in [0.25, 0.3) is 0 Å². The summed E-state index contributed by atoms with van der Waals surface area (Å²) in [5.41, 5.74) is 6.40. The van der Waals surface area contributed by atoms with Gasteiger partial charge in [0.1, 0.15) is 5.82 Å². The quantitative estimate of drug-likeness (QED) is 0.123. The van der Waals surface area contributed by atoms with E-state index in [0.29, 0.717) is 27.4 Å². The number of nitrogens with zero attached hydrogens (tertiary/aromatic N) is 2. The summed E-state index contributed by atoms with van der Waals surface area (Å²) in [6, 6.07) is 36.5. The van der Waals surface area contributed by atoms with Crippen LogP contribution in [0.15, 0.2) is 109 Å². The summed E-state index contributed by atoms with van der Waals surface area (Å²) in [4.78, 5) is 9.26. The molecule has 3 aromatic heterocycles. The molecular weight excluding hydrogens is 804 g/mol. The van der Waals surface area contributed by atoms with E-state index < -0.39 is 14.9 Å². The normalized spacial score (nSPS) is 12.5. The number of pyridine rings is 2. The molecule has 0 aliphatic carbocycles. The molecule has 4 aromatic carbocycles. The summed E-state index contributed by atoms with van der Waals surface area (Å²) in [6.07, 6.45) is 4.84. The molecule has 3 heterocycles. The minimum Gasteiger partial charge on any atom is -0.305 e. The number of rotatable bonds is 6. The van der Waals surface area contributed by atoms with Crippen LogP contribution in [0.4, 0.5) is 4.39 Å². The van der Waals surface area contributed by atoms with E-state index in [2.05, 4.69) is 73.9 Å². The molecule has 2 nitrogen and oxygen atoms in total. The van der Waals surface area contributed by atoms with Gasteiger partial charge in [0.15, 0.2) is 0 Å². The average molecular weight is 846 g/mol. The Morgan fingerprint density at radius 2 is 1.56 bits per heavy atom. The van der Waals surface area contributed by atoms with Crippen LogP contribution in [0.2, 0.25) is 19.6 Å². The fraction of sp³-hybridized carbons (Fsp3) is 0.190. The van der Waals surface area contributed by atoms with Crippen LogP contribution in [0.3, 0.4) is 0 Å². The first kappa shape index (κ1) is 31.5. The van der Waals surface area contributed by atoms with Crippen molar-refractivity contribution in [2.24, 2.45) is 5.92 Å². The maximum Gasteiger partial charge on any atom is 0.140 e. The number of hydrogen-bond acceptors (Lipinski definition) is 3. The van der Waals surface area contributed by atoms with Crippen molar-refractivity contribution in [2.45, 2.75) is 46.8 Å². The van der Waals surface area contributed by atoms with Gasteiger partial charge in [-0.15, -0.1) is 59.7 Å². The van der Waals surface area contributed by atoms with Gasteiger partial charge in [-0.2, -0.15) is 11.3 Å². The Bertz CT molecular complexity index is 2270. The third-order valence-corrected chi connectivity index (χ3v) is 11.4. The van der Waals surface area contributed by atoms with Gasteiger partial charge in [0.05, 0.1) is 12.8 Å². The molecule has 0 atom stereocenters. The Labute approximate surface area is 306 Å². The van der Waals surface area contributed by atoms with Crippen LogP contribution in [0.25, 0.3) is 53.8 Å². The zero-order valence-corrected chi connectivity index (χ0v) is 31.9. The van der Waals surface area contributed by atoms with Gasteiger partial charge in [-0.05, 0) is 63.0 Å². The van der Waals surface area contributed by atoms with Crippen LogP contribution in [0, 0.1) is 30.7 Å². The molecule has 0 bridgehead atoms. The molecule has 0 aliphatic rings. The van der Waals surface area contributed by atoms with E-state index in [1.165, 1.54) is 28.2 Å². The van der Waals surface area contributed by atoms with Crippen LogP contribution < -0.4 is 5.19 Å². The molecule has 245 valence electrons. The SMILES string of the molecule is CC(C)Cc1cc(-c2[c-]cccc2)ncc1[Si](C)(C)C.[2H]C([2H])([2H])c1cc(-c2[c-]ccc3c2sc2c(F)cccc23)ncc1-c1ccccc1.[Ir]. The Balaban J connectivity index is 0.000000211. The number of thiophene rings is 1. The van der Waals surface area contributed by atoms with Gasteiger partial charge in [0, 0.05) is 42.2 Å². The molecule has 0 unspecified atom stereocenters. The van der Waals surface area contributed by atoms with Gasteiger partial charge in [-0.3, -0.25) is 0 Å². The maximum atomic E-state index is 14.3. The largest absolute Gasteiger partial charge is 0.305 e. The van der Waals surface area contributed by atoms with E-state index in [1.54, 1.807) is 24.4 Å². The second kappa shape index (κ2) is 15.2. The van der Waals surface area contributed by atoms with Gasteiger partial charge >= 0.3 is 0 Å². The van der Waals surface area contributed by atoms with E-state index in [0.717, 1.165) is 38.7 Å². The first-order chi connectivity index (χ1) is 23.8. The zero-order chi connectivity index (χ0) is 35.6. The van der Waals surface area contributed by atoms with Crippen molar-refractivity contribution in [2.75, 3.05) is 0 Å². The van der Waals surface area contributed by atoms with Crippen molar-refractivity contribution in [3.05, 3.63) is 139 Å². The van der Waals surface area contributed by atoms with E-state index in [9.17, 15) is 4.39 Å². The van der Waals surface area contributed by atoms with E-state index in [4.69, 9.17) is 4.11 Å². The van der Waals surface area contributed by atoms with Crippen molar-refractivity contribution in [3.63, 3.8) is 0 Å². The first-order valence-corrected chi connectivity index (χ1v) is 20.2. The average Bonchev–Trinajstić information content (AvgIpc) is 3.48. The molecule has 0 saturated carbocycles.